The number of phenolic OH excluding ortho intramolecular Hbond substituents is 1. The molecule has 4 atom stereocenters. The SMILES string of the molecule is CCC1C=CC(C(O)C=C(C)C)OC(=O)C2(C)C=CC(=O)NC3=C2C(=O)c2c(cc(C)c(O)c2C(=O)CC1)C3=O. The number of aryl methyl sites for hydroxylation is 1. The molecule has 1 aliphatic carbocycles. The Balaban J connectivity index is 2.02. The van der Waals surface area contributed by atoms with E-state index in [2.05, 4.69) is 5.32 Å². The topological polar surface area (TPSA) is 147 Å². The van der Waals surface area contributed by atoms with E-state index in [1.165, 1.54) is 32.1 Å². The van der Waals surface area contributed by atoms with E-state index in [0.717, 1.165) is 11.6 Å². The van der Waals surface area contributed by atoms with Crippen molar-refractivity contribution >= 4 is 29.2 Å². The molecule has 210 valence electrons. The molecule has 4 rings (SSSR count). The highest BCUT2D eigenvalue weighted by atomic mass is 16.6. The maximum absolute atomic E-state index is 14.2. The average Bonchev–Trinajstić information content (AvgIpc) is 3.03. The molecule has 3 aliphatic rings. The van der Waals surface area contributed by atoms with E-state index in [1.807, 2.05) is 6.92 Å². The molecule has 0 spiro atoms. The Kier molecular flexibility index (Phi) is 7.81. The molecule has 9 heteroatoms. The van der Waals surface area contributed by atoms with E-state index < -0.39 is 58.3 Å². The minimum atomic E-state index is -1.95. The van der Waals surface area contributed by atoms with Crippen molar-refractivity contribution in [1.29, 1.82) is 0 Å². The van der Waals surface area contributed by atoms with Crippen LogP contribution < -0.4 is 5.32 Å². The van der Waals surface area contributed by atoms with Crippen LogP contribution in [0.3, 0.4) is 0 Å². The van der Waals surface area contributed by atoms with Gasteiger partial charge in [-0.1, -0.05) is 30.7 Å². The summed E-state index contributed by atoms with van der Waals surface area (Å²) < 4.78 is 5.79. The van der Waals surface area contributed by atoms with E-state index in [4.69, 9.17) is 4.74 Å². The highest BCUT2D eigenvalue weighted by Crippen LogP contribution is 2.44. The Morgan fingerprint density at radius 3 is 2.50 bits per heavy atom. The van der Waals surface area contributed by atoms with Crippen LogP contribution in [0.2, 0.25) is 0 Å². The smallest absolute Gasteiger partial charge is 0.321 e. The molecular weight excluding hydrogens is 514 g/mol. The van der Waals surface area contributed by atoms with Crippen molar-refractivity contribution in [1.82, 2.24) is 5.32 Å². The largest absolute Gasteiger partial charge is 0.507 e. The number of ketones is 3. The van der Waals surface area contributed by atoms with Gasteiger partial charge < -0.3 is 20.3 Å². The molecule has 0 saturated heterocycles. The lowest BCUT2D eigenvalue weighted by molar-refractivity contribution is -0.157. The fraction of sp³-hybridized carbons (Fsp3) is 0.387. The summed E-state index contributed by atoms with van der Waals surface area (Å²) in [5.41, 5.74) is -2.45. The molecule has 9 nitrogen and oxygen atoms in total. The van der Waals surface area contributed by atoms with Gasteiger partial charge in [-0.2, -0.15) is 0 Å². The number of aliphatic hydroxyl groups excluding tert-OH is 1. The third-order valence-corrected chi connectivity index (χ3v) is 7.63. The van der Waals surface area contributed by atoms with Crippen molar-refractivity contribution in [3.8, 4) is 5.75 Å². The molecule has 2 aliphatic heterocycles. The zero-order chi connectivity index (χ0) is 29.5. The van der Waals surface area contributed by atoms with Crippen molar-refractivity contribution in [2.75, 3.05) is 0 Å². The van der Waals surface area contributed by atoms with E-state index in [1.54, 1.807) is 26.0 Å². The van der Waals surface area contributed by atoms with Crippen molar-refractivity contribution < 1.29 is 38.9 Å². The first-order chi connectivity index (χ1) is 18.8. The minimum absolute atomic E-state index is 0.0332. The molecule has 1 amide bonds. The number of carbonyl (C=O) groups excluding carboxylic acids is 5. The second-order valence-electron chi connectivity index (χ2n) is 10.9. The zero-order valence-electron chi connectivity index (χ0n) is 23.2. The fourth-order valence-corrected chi connectivity index (χ4v) is 5.31. The van der Waals surface area contributed by atoms with Gasteiger partial charge in [-0.05, 0) is 64.2 Å². The second-order valence-corrected chi connectivity index (χ2v) is 10.9. The predicted molar refractivity (Wildman–Crippen MR) is 146 cm³/mol. The number of phenols is 1. The van der Waals surface area contributed by atoms with Gasteiger partial charge in [-0.15, -0.1) is 0 Å². The molecule has 0 radical (unpaired) electrons. The molecular formula is C31H33NO8. The number of amides is 1. The summed E-state index contributed by atoms with van der Waals surface area (Å²) in [5, 5.41) is 24.2. The number of hydrogen-bond acceptors (Lipinski definition) is 8. The summed E-state index contributed by atoms with van der Waals surface area (Å²) in [7, 11) is 0. The number of esters is 1. The molecule has 0 aromatic heterocycles. The third-order valence-electron chi connectivity index (χ3n) is 7.63. The second kappa shape index (κ2) is 10.8. The Labute approximate surface area is 232 Å². The number of allylic oxidation sites excluding steroid dienone is 3. The van der Waals surface area contributed by atoms with Crippen molar-refractivity contribution in [3.63, 3.8) is 0 Å². The standard InChI is InChI=1S/C31H33NO8/c1-6-17-7-9-19(33)24-23-18(14-16(4)27(24)36)28(37)26-25(29(23)38)31(5,12-11-22(35)32-26)30(39)40-21(10-8-17)20(34)13-15(2)3/h8,10-14,17,20-21,34,36H,6-7,9H2,1-5H3,(H,32,35). The molecule has 2 bridgehead atoms. The van der Waals surface area contributed by atoms with Crippen LogP contribution in [0.4, 0.5) is 0 Å². The van der Waals surface area contributed by atoms with E-state index in [-0.39, 0.29) is 40.2 Å². The van der Waals surface area contributed by atoms with Gasteiger partial charge in [-0.3, -0.25) is 24.0 Å². The minimum Gasteiger partial charge on any atom is -0.507 e. The molecule has 4 unspecified atom stereocenters. The number of ether oxygens (including phenoxy) is 1. The third kappa shape index (κ3) is 4.97. The molecule has 0 saturated carbocycles. The quantitative estimate of drug-likeness (QED) is 0.382. The highest BCUT2D eigenvalue weighted by Gasteiger charge is 2.50. The van der Waals surface area contributed by atoms with Gasteiger partial charge >= 0.3 is 5.97 Å². The van der Waals surface area contributed by atoms with E-state index in [9.17, 15) is 34.2 Å². The lowest BCUT2D eigenvalue weighted by Gasteiger charge is -2.33. The van der Waals surface area contributed by atoms with E-state index in [0.29, 0.717) is 12.8 Å². The van der Waals surface area contributed by atoms with Crippen LogP contribution in [0.1, 0.15) is 83.6 Å². The summed E-state index contributed by atoms with van der Waals surface area (Å²) in [6, 6.07) is 1.30. The number of aliphatic hydroxyl groups is 1. The van der Waals surface area contributed by atoms with Crippen LogP contribution in [0.5, 0.6) is 5.75 Å². The number of carbonyl (C=O) groups is 5. The predicted octanol–water partition coefficient (Wildman–Crippen LogP) is 3.82. The number of cyclic esters (lactones) is 1. The van der Waals surface area contributed by atoms with Crippen LogP contribution in [-0.4, -0.2) is 51.6 Å². The van der Waals surface area contributed by atoms with Crippen molar-refractivity contribution in [3.05, 3.63) is 75.5 Å². The summed E-state index contributed by atoms with van der Waals surface area (Å²) in [6.45, 7) is 8.32. The summed E-state index contributed by atoms with van der Waals surface area (Å²) in [5.74, 6) is -4.41. The highest BCUT2D eigenvalue weighted by molar-refractivity contribution is 6.32. The maximum atomic E-state index is 14.2. The number of rotatable bonds is 3. The molecule has 2 heterocycles. The van der Waals surface area contributed by atoms with Crippen molar-refractivity contribution in [2.45, 2.75) is 66.1 Å². The maximum Gasteiger partial charge on any atom is 0.321 e. The first-order valence-electron chi connectivity index (χ1n) is 13.3. The monoisotopic (exact) mass is 547 g/mol. The van der Waals surface area contributed by atoms with Crippen molar-refractivity contribution in [2.24, 2.45) is 11.3 Å². The fourth-order valence-electron chi connectivity index (χ4n) is 5.31. The van der Waals surface area contributed by atoms with Crippen LogP contribution in [0.15, 0.2) is 53.3 Å². The van der Waals surface area contributed by atoms with Gasteiger partial charge in [0.1, 0.15) is 23.4 Å². The summed E-state index contributed by atoms with van der Waals surface area (Å²) in [4.78, 5) is 68.0. The number of benzene rings is 1. The summed E-state index contributed by atoms with van der Waals surface area (Å²) >= 11 is 0. The van der Waals surface area contributed by atoms with Crippen LogP contribution >= 0.6 is 0 Å². The van der Waals surface area contributed by atoms with Gasteiger partial charge in [0.25, 0.3) is 0 Å². The van der Waals surface area contributed by atoms with E-state index >= 15 is 0 Å². The Morgan fingerprint density at radius 1 is 1.15 bits per heavy atom. The Hall–Kier alpha value is -4.11. The molecule has 3 N–H and O–H groups in total. The zero-order valence-corrected chi connectivity index (χ0v) is 23.2. The first kappa shape index (κ1) is 28.9. The Morgan fingerprint density at radius 2 is 1.85 bits per heavy atom. The summed E-state index contributed by atoms with van der Waals surface area (Å²) in [6.07, 6.45) is 5.63. The van der Waals surface area contributed by atoms with Crippen LogP contribution in [0, 0.1) is 18.3 Å². The Bertz CT molecular complexity index is 1460. The van der Waals surface area contributed by atoms with Crippen LogP contribution in [-0.2, 0) is 14.3 Å². The van der Waals surface area contributed by atoms with Gasteiger partial charge in [0.2, 0.25) is 11.7 Å². The van der Waals surface area contributed by atoms with Gasteiger partial charge in [0.15, 0.2) is 11.6 Å². The molecule has 1 aromatic rings. The molecule has 0 fully saturated rings. The number of aromatic hydroxyl groups is 1. The number of nitrogens with one attached hydrogen (secondary N) is 1. The number of Topliss-reactive ketones (excluding diaryl/α,β-unsaturated/α-hetero) is 3. The first-order valence-corrected chi connectivity index (χ1v) is 13.3. The molecule has 40 heavy (non-hydrogen) atoms. The lowest BCUT2D eigenvalue weighted by atomic mass is 9.71. The van der Waals surface area contributed by atoms with Gasteiger partial charge in [0.05, 0.1) is 11.3 Å². The number of hydrogen-bond donors (Lipinski definition) is 3. The van der Waals surface area contributed by atoms with Crippen LogP contribution in [0.25, 0.3) is 0 Å². The average molecular weight is 548 g/mol. The van der Waals surface area contributed by atoms with Gasteiger partial charge in [0, 0.05) is 29.2 Å². The lowest BCUT2D eigenvalue weighted by Crippen LogP contribution is -2.42. The molecule has 1 aromatic carbocycles. The van der Waals surface area contributed by atoms with Gasteiger partial charge in [-0.25, -0.2) is 0 Å². The normalized spacial score (nSPS) is 25.6.